The first kappa shape index (κ1) is 13.7. The molecule has 0 aliphatic carbocycles. The van der Waals surface area contributed by atoms with E-state index in [1.54, 1.807) is 17.4 Å². The van der Waals surface area contributed by atoms with Crippen molar-refractivity contribution >= 4 is 73.1 Å². The fraction of sp³-hybridized carbons (Fsp3) is 0.0833. The summed E-state index contributed by atoms with van der Waals surface area (Å²) >= 11 is 12.5. The Balaban J connectivity index is 2.18. The summed E-state index contributed by atoms with van der Waals surface area (Å²) in [5.41, 5.74) is 1.66. The molecule has 2 aromatic heterocycles. The maximum absolute atomic E-state index is 13.7. The maximum Gasteiger partial charge on any atom is 0.178 e. The van der Waals surface area contributed by atoms with Gasteiger partial charge in [-0.3, -0.25) is 0 Å². The highest BCUT2D eigenvalue weighted by molar-refractivity contribution is 14.1. The lowest BCUT2D eigenvalue weighted by Crippen LogP contribution is -1.98. The van der Waals surface area contributed by atoms with Gasteiger partial charge in [-0.1, -0.05) is 0 Å². The summed E-state index contributed by atoms with van der Waals surface area (Å²) in [5, 5.41) is 2.02. The Morgan fingerprint density at radius 1 is 1.47 bits per heavy atom. The molecule has 1 aromatic carbocycles. The second kappa shape index (κ2) is 5.27. The second-order valence-electron chi connectivity index (χ2n) is 3.99. The summed E-state index contributed by atoms with van der Waals surface area (Å²) < 4.78 is 17.9. The van der Waals surface area contributed by atoms with Crippen LogP contribution >= 0.6 is 62.1 Å². The van der Waals surface area contributed by atoms with Gasteiger partial charge in [0.05, 0.1) is 21.1 Å². The highest BCUT2D eigenvalue weighted by Crippen LogP contribution is 2.26. The van der Waals surface area contributed by atoms with Crippen molar-refractivity contribution in [3.63, 3.8) is 0 Å². The van der Waals surface area contributed by atoms with Gasteiger partial charge in [-0.2, -0.15) is 0 Å². The first-order valence-corrected chi connectivity index (χ1v) is 8.51. The molecule has 2 heterocycles. The second-order valence-corrected chi connectivity index (χ2v) is 7.40. The Labute approximate surface area is 139 Å². The van der Waals surface area contributed by atoms with E-state index >= 15 is 0 Å². The highest BCUT2D eigenvalue weighted by atomic mass is 127. The number of nitrogens with one attached hydrogen (secondary N) is 1. The van der Waals surface area contributed by atoms with Crippen molar-refractivity contribution in [2.45, 2.75) is 6.54 Å². The van der Waals surface area contributed by atoms with Crippen LogP contribution in [-0.4, -0.2) is 9.55 Å². The zero-order valence-electron chi connectivity index (χ0n) is 9.41. The molecule has 98 valence electrons. The predicted octanol–water partition coefficient (Wildman–Crippen LogP) is 5.31. The number of aromatic nitrogens is 2. The summed E-state index contributed by atoms with van der Waals surface area (Å²) in [4.78, 5) is 4.29. The van der Waals surface area contributed by atoms with Gasteiger partial charge in [-0.25, -0.2) is 4.39 Å². The summed E-state index contributed by atoms with van der Waals surface area (Å²) in [5.74, 6) is -0.221. The number of hydrogen-bond acceptors (Lipinski definition) is 2. The lowest BCUT2D eigenvalue weighted by atomic mass is 10.3. The van der Waals surface area contributed by atoms with Crippen LogP contribution in [-0.2, 0) is 6.54 Å². The quantitative estimate of drug-likeness (QED) is 0.399. The van der Waals surface area contributed by atoms with E-state index in [1.807, 2.05) is 38.6 Å². The number of thiophene rings is 1. The minimum absolute atomic E-state index is 0.221. The molecule has 0 radical (unpaired) electrons. The normalized spacial score (nSPS) is 11.3. The van der Waals surface area contributed by atoms with Crippen LogP contribution in [0, 0.1) is 14.2 Å². The maximum atomic E-state index is 13.7. The average molecular weight is 469 g/mol. The van der Waals surface area contributed by atoms with Gasteiger partial charge in [0.2, 0.25) is 0 Å². The van der Waals surface area contributed by atoms with Gasteiger partial charge in [-0.15, -0.1) is 11.3 Å². The molecule has 1 N–H and O–H groups in total. The molecule has 2 nitrogen and oxygen atoms in total. The van der Waals surface area contributed by atoms with Gasteiger partial charge in [0.1, 0.15) is 5.82 Å². The van der Waals surface area contributed by atoms with Crippen LogP contribution in [0.4, 0.5) is 4.39 Å². The Morgan fingerprint density at radius 3 is 2.95 bits per heavy atom. The molecule has 0 aliphatic heterocycles. The molecule has 0 unspecified atom stereocenters. The molecule has 3 aromatic rings. The SMILES string of the molecule is Fc1cc2c(cc1I)[nH]c(=S)n2Cc1sccc1Br. The lowest BCUT2D eigenvalue weighted by Gasteiger charge is -2.04. The van der Waals surface area contributed by atoms with E-state index in [1.165, 1.54) is 6.07 Å². The molecule has 0 fully saturated rings. The molecule has 0 spiro atoms. The standard InChI is InChI=1S/C12H7BrFIN2S2/c13-6-1-2-19-11(6)5-17-10-3-7(14)8(15)4-9(10)16-12(17)18/h1-4H,5H2,(H,16,18). The van der Waals surface area contributed by atoms with Crippen molar-refractivity contribution in [1.82, 2.24) is 9.55 Å². The number of nitrogens with zero attached hydrogens (tertiary/aromatic N) is 1. The fourth-order valence-electron chi connectivity index (χ4n) is 1.89. The number of imidazole rings is 1. The monoisotopic (exact) mass is 468 g/mol. The van der Waals surface area contributed by atoms with Crippen LogP contribution in [0.1, 0.15) is 4.88 Å². The summed E-state index contributed by atoms with van der Waals surface area (Å²) in [6.45, 7) is 0.636. The number of hydrogen-bond donors (Lipinski definition) is 1. The summed E-state index contributed by atoms with van der Waals surface area (Å²) in [6, 6.07) is 5.31. The van der Waals surface area contributed by atoms with Crippen molar-refractivity contribution < 1.29 is 4.39 Å². The van der Waals surface area contributed by atoms with Crippen molar-refractivity contribution in [3.8, 4) is 0 Å². The van der Waals surface area contributed by atoms with Gasteiger partial charge < -0.3 is 9.55 Å². The third-order valence-electron chi connectivity index (χ3n) is 2.81. The number of H-pyrrole nitrogens is 1. The zero-order chi connectivity index (χ0) is 13.6. The zero-order valence-corrected chi connectivity index (χ0v) is 14.8. The van der Waals surface area contributed by atoms with E-state index in [4.69, 9.17) is 12.2 Å². The molecule has 0 aliphatic rings. The number of fused-ring (bicyclic) bond motifs is 1. The van der Waals surface area contributed by atoms with Gasteiger partial charge in [0.25, 0.3) is 0 Å². The Bertz CT molecular complexity index is 821. The minimum atomic E-state index is -0.221. The van der Waals surface area contributed by atoms with E-state index in [-0.39, 0.29) is 5.82 Å². The third-order valence-corrected chi connectivity index (χ3v) is 5.87. The molecule has 0 atom stereocenters. The number of aromatic amines is 1. The molecule has 3 rings (SSSR count). The van der Waals surface area contributed by atoms with Crippen molar-refractivity contribution in [3.05, 3.63) is 47.1 Å². The van der Waals surface area contributed by atoms with Crippen LogP contribution in [0.25, 0.3) is 11.0 Å². The summed E-state index contributed by atoms with van der Waals surface area (Å²) in [7, 11) is 0. The lowest BCUT2D eigenvalue weighted by molar-refractivity contribution is 0.621. The topological polar surface area (TPSA) is 20.7 Å². The van der Waals surface area contributed by atoms with E-state index in [0.717, 1.165) is 20.4 Å². The Kier molecular flexibility index (Phi) is 3.80. The first-order chi connectivity index (χ1) is 9.06. The molecule has 0 bridgehead atoms. The molecule has 0 amide bonds. The Morgan fingerprint density at radius 2 is 2.26 bits per heavy atom. The summed E-state index contributed by atoms with van der Waals surface area (Å²) in [6.07, 6.45) is 0. The van der Waals surface area contributed by atoms with Gasteiger partial charge >= 0.3 is 0 Å². The van der Waals surface area contributed by atoms with Crippen molar-refractivity contribution in [2.24, 2.45) is 0 Å². The molecular formula is C12H7BrFIN2S2. The van der Waals surface area contributed by atoms with Crippen molar-refractivity contribution in [1.29, 1.82) is 0 Å². The molecule has 7 heteroatoms. The van der Waals surface area contributed by atoms with E-state index in [2.05, 4.69) is 20.9 Å². The first-order valence-electron chi connectivity index (χ1n) is 5.35. The predicted molar refractivity (Wildman–Crippen MR) is 90.9 cm³/mol. The fourth-order valence-corrected chi connectivity index (χ4v) is 4.10. The van der Waals surface area contributed by atoms with Gasteiger partial charge in [0, 0.05) is 15.4 Å². The number of rotatable bonds is 2. The average Bonchev–Trinajstić information content (AvgIpc) is 2.88. The largest absolute Gasteiger partial charge is 0.331 e. The Hall–Kier alpha value is -0.250. The highest BCUT2D eigenvalue weighted by Gasteiger charge is 2.11. The van der Waals surface area contributed by atoms with Gasteiger partial charge in [0.15, 0.2) is 4.77 Å². The third kappa shape index (κ3) is 2.53. The number of benzene rings is 1. The van der Waals surface area contributed by atoms with Crippen LogP contribution < -0.4 is 0 Å². The van der Waals surface area contributed by atoms with Crippen molar-refractivity contribution in [2.75, 3.05) is 0 Å². The molecule has 19 heavy (non-hydrogen) atoms. The smallest absolute Gasteiger partial charge is 0.178 e. The number of halogens is 3. The van der Waals surface area contributed by atoms with Gasteiger partial charge in [-0.05, 0) is 68.3 Å². The van der Waals surface area contributed by atoms with Crippen LogP contribution in [0.3, 0.4) is 0 Å². The van der Waals surface area contributed by atoms with Crippen LogP contribution in [0.2, 0.25) is 0 Å². The van der Waals surface area contributed by atoms with E-state index < -0.39 is 0 Å². The minimum Gasteiger partial charge on any atom is -0.331 e. The molecule has 0 saturated heterocycles. The van der Waals surface area contributed by atoms with Crippen LogP contribution in [0.5, 0.6) is 0 Å². The van der Waals surface area contributed by atoms with E-state index in [9.17, 15) is 4.39 Å². The molecular weight excluding hydrogens is 462 g/mol. The van der Waals surface area contributed by atoms with Crippen LogP contribution in [0.15, 0.2) is 28.1 Å². The van der Waals surface area contributed by atoms with E-state index in [0.29, 0.717) is 14.9 Å². The molecule has 0 saturated carbocycles.